The molecule has 4 aromatic rings. The number of hydrogen-bond acceptors (Lipinski definition) is 4. The van der Waals surface area contributed by atoms with Crippen molar-refractivity contribution in [3.63, 3.8) is 0 Å². The normalized spacial score (nSPS) is 11.9. The Bertz CT molecular complexity index is 1180. The average molecular weight is 543 g/mol. The highest BCUT2D eigenvalue weighted by Crippen LogP contribution is 2.37. The zero-order chi connectivity index (χ0) is 26.4. The van der Waals surface area contributed by atoms with E-state index in [1.807, 2.05) is 0 Å². The first-order chi connectivity index (χ1) is 18.8. The van der Waals surface area contributed by atoms with Gasteiger partial charge in [0.2, 0.25) is 0 Å². The van der Waals surface area contributed by atoms with Crippen LogP contribution in [0.15, 0.2) is 59.3 Å². The number of unbranched alkanes of at least 4 members (excludes halogenated alkanes) is 10. The molecule has 0 amide bonds. The number of benzene rings is 1. The molecule has 4 rings (SSSR count). The number of rotatable bonds is 16. The van der Waals surface area contributed by atoms with Gasteiger partial charge >= 0.3 is 0 Å². The average Bonchev–Trinajstić information content (AvgIpc) is 3.67. The third-order valence-electron chi connectivity index (χ3n) is 6.95. The van der Waals surface area contributed by atoms with E-state index in [1.165, 1.54) is 85.1 Å². The van der Waals surface area contributed by atoms with Gasteiger partial charge in [-0.2, -0.15) is 0 Å². The second-order valence-electron chi connectivity index (χ2n) is 10.0. The Kier molecular flexibility index (Phi) is 11.8. The summed E-state index contributed by atoms with van der Waals surface area (Å²) in [7, 11) is 0. The van der Waals surface area contributed by atoms with Gasteiger partial charge < -0.3 is 0 Å². The fourth-order valence-electron chi connectivity index (χ4n) is 4.79. The summed E-state index contributed by atoms with van der Waals surface area (Å²) in [6.45, 7) is 4.54. The van der Waals surface area contributed by atoms with Gasteiger partial charge in [-0.15, -0.1) is 22.7 Å². The molecule has 0 unspecified atom stereocenters. The molecule has 0 saturated heterocycles. The lowest BCUT2D eigenvalue weighted by Gasteiger charge is -2.11. The van der Waals surface area contributed by atoms with Gasteiger partial charge in [0, 0.05) is 20.9 Å². The van der Waals surface area contributed by atoms with Crippen LogP contribution in [-0.4, -0.2) is 9.97 Å². The zero-order valence-corrected chi connectivity index (χ0v) is 24.8. The highest BCUT2D eigenvalue weighted by molar-refractivity contribution is 7.14. The lowest BCUT2D eigenvalue weighted by atomic mass is 10.0. The van der Waals surface area contributed by atoms with Crippen LogP contribution >= 0.6 is 22.7 Å². The minimum atomic E-state index is 0.981. The maximum atomic E-state index is 5.30. The first-order valence-electron chi connectivity index (χ1n) is 14.6. The van der Waals surface area contributed by atoms with Gasteiger partial charge in [-0.25, -0.2) is 9.97 Å². The van der Waals surface area contributed by atoms with Gasteiger partial charge in [0.1, 0.15) is 0 Å². The predicted molar refractivity (Wildman–Crippen MR) is 171 cm³/mol. The Morgan fingerprint density at radius 3 is 1.42 bits per heavy atom. The van der Waals surface area contributed by atoms with Gasteiger partial charge in [0.25, 0.3) is 0 Å². The van der Waals surface area contributed by atoms with Crippen LogP contribution in [0.2, 0.25) is 0 Å². The van der Waals surface area contributed by atoms with Crippen LogP contribution < -0.4 is 0 Å². The minimum absolute atomic E-state index is 0.981. The molecule has 38 heavy (non-hydrogen) atoms. The maximum Gasteiger partial charge on any atom is 0.0987 e. The highest BCUT2D eigenvalue weighted by atomic mass is 32.1. The van der Waals surface area contributed by atoms with Crippen molar-refractivity contribution in [1.82, 2.24) is 9.97 Å². The van der Waals surface area contributed by atoms with Gasteiger partial charge in [0.15, 0.2) is 0 Å². The summed E-state index contributed by atoms with van der Waals surface area (Å²) < 4.78 is 0. The number of fused-ring (bicyclic) bond motifs is 1. The monoisotopic (exact) mass is 542 g/mol. The van der Waals surface area contributed by atoms with E-state index in [0.717, 1.165) is 35.3 Å². The summed E-state index contributed by atoms with van der Waals surface area (Å²) in [4.78, 5) is 13.1. The third kappa shape index (κ3) is 7.97. The van der Waals surface area contributed by atoms with E-state index in [2.05, 4.69) is 85.3 Å². The number of nitrogens with zero attached hydrogens (tertiary/aromatic N) is 2. The van der Waals surface area contributed by atoms with Gasteiger partial charge in [-0.05, 0) is 60.7 Å². The molecule has 0 bridgehead atoms. The van der Waals surface area contributed by atoms with Crippen molar-refractivity contribution < 1.29 is 0 Å². The van der Waals surface area contributed by atoms with Crippen LogP contribution in [0.25, 0.3) is 44.1 Å². The van der Waals surface area contributed by atoms with Gasteiger partial charge in [-0.3, -0.25) is 0 Å². The van der Waals surface area contributed by atoms with E-state index in [-0.39, 0.29) is 0 Å². The molecule has 0 spiro atoms. The number of hydrogen-bond donors (Lipinski definition) is 0. The molecule has 0 N–H and O–H groups in total. The largest absolute Gasteiger partial charge is 0.244 e. The Hall–Kier alpha value is -2.56. The van der Waals surface area contributed by atoms with Crippen molar-refractivity contribution in [2.45, 2.75) is 90.9 Å². The Morgan fingerprint density at radius 1 is 0.579 bits per heavy atom. The second-order valence-corrected chi connectivity index (χ2v) is 11.9. The first-order valence-corrected chi connectivity index (χ1v) is 16.3. The summed E-state index contributed by atoms with van der Waals surface area (Å²) in [6, 6.07) is 13.1. The predicted octanol–water partition coefficient (Wildman–Crippen LogP) is 11.8. The molecular formula is C34H42N2S2. The van der Waals surface area contributed by atoms with Crippen molar-refractivity contribution in [2.24, 2.45) is 0 Å². The maximum absolute atomic E-state index is 5.30. The molecule has 0 radical (unpaired) electrons. The smallest absolute Gasteiger partial charge is 0.0987 e. The third-order valence-corrected chi connectivity index (χ3v) is 8.76. The molecule has 4 heteroatoms. The molecular weight excluding hydrogens is 501 g/mol. The van der Waals surface area contributed by atoms with Crippen LogP contribution in [0.4, 0.5) is 0 Å². The van der Waals surface area contributed by atoms with E-state index in [9.17, 15) is 0 Å². The molecule has 0 aliphatic rings. The molecule has 0 fully saturated rings. The summed E-state index contributed by atoms with van der Waals surface area (Å²) in [6.07, 6.45) is 24.2. The highest BCUT2D eigenvalue weighted by Gasteiger charge is 2.16. The molecule has 1 aromatic carbocycles. The van der Waals surface area contributed by atoms with Crippen LogP contribution in [0.1, 0.15) is 102 Å². The molecule has 2 nitrogen and oxygen atoms in total. The molecule has 0 saturated carbocycles. The summed E-state index contributed by atoms with van der Waals surface area (Å²) in [5.74, 6) is 0. The van der Waals surface area contributed by atoms with Crippen LogP contribution in [0.5, 0.6) is 0 Å². The van der Waals surface area contributed by atoms with Crippen LogP contribution in [-0.2, 0) is 0 Å². The summed E-state index contributed by atoms with van der Waals surface area (Å²) >= 11 is 3.53. The number of thiophene rings is 2. The zero-order valence-electron chi connectivity index (χ0n) is 23.1. The Morgan fingerprint density at radius 2 is 1.03 bits per heavy atom. The van der Waals surface area contributed by atoms with Gasteiger partial charge in [-0.1, -0.05) is 102 Å². The Labute approximate surface area is 237 Å². The van der Waals surface area contributed by atoms with Crippen molar-refractivity contribution >= 4 is 45.9 Å². The van der Waals surface area contributed by atoms with Crippen molar-refractivity contribution in [1.29, 1.82) is 0 Å². The fraction of sp³-hybridized carbons (Fsp3) is 0.412. The van der Waals surface area contributed by atoms with Crippen LogP contribution in [0, 0.1) is 0 Å². The molecule has 200 valence electrons. The van der Waals surface area contributed by atoms with E-state index < -0.39 is 0 Å². The molecule has 3 heterocycles. The quantitative estimate of drug-likeness (QED) is 0.132. The lowest BCUT2D eigenvalue weighted by molar-refractivity contribution is 0.638. The van der Waals surface area contributed by atoms with Crippen molar-refractivity contribution in [2.75, 3.05) is 0 Å². The van der Waals surface area contributed by atoms with E-state index in [4.69, 9.17) is 9.97 Å². The number of allylic oxidation sites excluding steroid dienone is 2. The summed E-state index contributed by atoms with van der Waals surface area (Å²) in [5.41, 5.74) is 6.30. The van der Waals surface area contributed by atoms with Crippen molar-refractivity contribution in [3.05, 3.63) is 70.7 Å². The second kappa shape index (κ2) is 15.8. The fourth-order valence-corrected chi connectivity index (χ4v) is 6.29. The first kappa shape index (κ1) is 28.4. The van der Waals surface area contributed by atoms with E-state index in [0.29, 0.717) is 0 Å². The standard InChI is InChI=1S/C34H42N2S2/c1-3-5-7-9-11-13-15-19-29-30(20-16-14-12-10-8-6-4-2)36-34-28(32-22-18-26-38-32)24-23-27(33(34)35-29)31-21-17-25-37-31/h15-26H,3-14H2,1-2H3/b19-15+,20-16+. The van der Waals surface area contributed by atoms with E-state index in [1.54, 1.807) is 22.7 Å². The number of aromatic nitrogens is 2. The van der Waals surface area contributed by atoms with Crippen molar-refractivity contribution in [3.8, 4) is 20.9 Å². The lowest BCUT2D eigenvalue weighted by Crippen LogP contribution is -1.97. The van der Waals surface area contributed by atoms with Gasteiger partial charge in [0.05, 0.1) is 22.4 Å². The Balaban J connectivity index is 1.68. The van der Waals surface area contributed by atoms with E-state index >= 15 is 0 Å². The molecule has 3 aromatic heterocycles. The molecule has 0 aliphatic heterocycles. The topological polar surface area (TPSA) is 25.8 Å². The summed E-state index contributed by atoms with van der Waals surface area (Å²) in [5, 5.41) is 4.28. The SMILES string of the molecule is CCCCCCC/C=C/c1nc2c(-c3cccs3)ccc(-c3cccs3)c2nc1/C=C/CCCCCCC. The molecule has 0 atom stereocenters. The minimum Gasteiger partial charge on any atom is -0.244 e. The molecule has 0 aliphatic carbocycles. The van der Waals surface area contributed by atoms with Crippen LogP contribution in [0.3, 0.4) is 0 Å².